The number of amides is 1. The van der Waals surface area contributed by atoms with Crippen LogP contribution in [0.2, 0.25) is 0 Å². The van der Waals surface area contributed by atoms with E-state index in [1.165, 1.54) is 18.4 Å². The molecule has 3 fully saturated rings. The number of nitrogens with one attached hydrogen (secondary N) is 1. The number of nitrogens with zero attached hydrogens (tertiary/aromatic N) is 1. The van der Waals surface area contributed by atoms with Crippen LogP contribution < -0.4 is 10.1 Å². The number of benzene rings is 1. The first kappa shape index (κ1) is 17.8. The minimum absolute atomic E-state index is 0.131. The number of para-hydroxylation sites is 1. The zero-order valence-electron chi connectivity index (χ0n) is 15.7. The van der Waals surface area contributed by atoms with Gasteiger partial charge in [-0.15, -0.1) is 0 Å². The third-order valence-corrected chi connectivity index (χ3v) is 6.17. The fourth-order valence-corrected chi connectivity index (χ4v) is 4.53. The molecule has 0 bridgehead atoms. The normalized spacial score (nSPS) is 27.4. The van der Waals surface area contributed by atoms with E-state index >= 15 is 0 Å². The number of likely N-dealkylation sites (tertiary alicyclic amines) is 1. The maximum atomic E-state index is 12.7. The van der Waals surface area contributed by atoms with Gasteiger partial charge < -0.3 is 14.8 Å². The molecule has 0 aromatic heterocycles. The Hall–Kier alpha value is -1.59. The third kappa shape index (κ3) is 4.04. The molecule has 5 nitrogen and oxygen atoms in total. The number of hydrogen-bond donors (Lipinski definition) is 1. The van der Waals surface area contributed by atoms with E-state index in [1.54, 1.807) is 7.11 Å². The molecule has 3 aliphatic rings. The summed E-state index contributed by atoms with van der Waals surface area (Å²) < 4.78 is 10.9. The van der Waals surface area contributed by atoms with E-state index < -0.39 is 0 Å². The van der Waals surface area contributed by atoms with Crippen LogP contribution in [0.3, 0.4) is 0 Å². The number of carbonyl (C=O) groups is 1. The molecule has 4 rings (SSSR count). The summed E-state index contributed by atoms with van der Waals surface area (Å²) in [4.78, 5) is 15.2. The van der Waals surface area contributed by atoms with Crippen LogP contribution in [-0.2, 0) is 16.1 Å². The summed E-state index contributed by atoms with van der Waals surface area (Å²) in [5.74, 6) is 2.70. The van der Waals surface area contributed by atoms with Crippen LogP contribution in [0.25, 0.3) is 0 Å². The lowest BCUT2D eigenvalue weighted by atomic mass is 9.95. The molecule has 2 atom stereocenters. The van der Waals surface area contributed by atoms with Crippen molar-refractivity contribution < 1.29 is 14.3 Å². The Bertz CT molecular complexity index is 625. The van der Waals surface area contributed by atoms with Crippen molar-refractivity contribution in [3.05, 3.63) is 29.8 Å². The van der Waals surface area contributed by atoms with E-state index in [4.69, 9.17) is 9.47 Å². The Labute approximate surface area is 156 Å². The van der Waals surface area contributed by atoms with E-state index in [-0.39, 0.29) is 17.9 Å². The monoisotopic (exact) mass is 358 g/mol. The van der Waals surface area contributed by atoms with Gasteiger partial charge in [0.15, 0.2) is 0 Å². The first-order valence-corrected chi connectivity index (χ1v) is 9.97. The van der Waals surface area contributed by atoms with Crippen LogP contribution >= 0.6 is 0 Å². The highest BCUT2D eigenvalue weighted by molar-refractivity contribution is 5.79. The van der Waals surface area contributed by atoms with Crippen molar-refractivity contribution >= 4 is 5.91 Å². The first-order valence-electron chi connectivity index (χ1n) is 9.97. The molecule has 2 unspecified atom stereocenters. The van der Waals surface area contributed by atoms with Gasteiger partial charge in [-0.2, -0.15) is 0 Å². The van der Waals surface area contributed by atoms with Crippen molar-refractivity contribution in [2.24, 2.45) is 17.8 Å². The second-order valence-electron chi connectivity index (χ2n) is 8.01. The smallest absolute Gasteiger partial charge is 0.223 e. The number of ether oxygens (including phenoxy) is 2. The summed E-state index contributed by atoms with van der Waals surface area (Å²) in [7, 11) is 1.73. The fourth-order valence-electron chi connectivity index (χ4n) is 4.53. The second kappa shape index (κ2) is 7.97. The van der Waals surface area contributed by atoms with Crippen molar-refractivity contribution in [3.8, 4) is 5.75 Å². The van der Waals surface area contributed by atoms with Gasteiger partial charge in [0.25, 0.3) is 0 Å². The molecule has 5 heteroatoms. The van der Waals surface area contributed by atoms with Crippen LogP contribution in [0.15, 0.2) is 24.3 Å². The van der Waals surface area contributed by atoms with Crippen molar-refractivity contribution in [1.82, 2.24) is 10.2 Å². The quantitative estimate of drug-likeness (QED) is 0.849. The molecular weight excluding hydrogens is 328 g/mol. The summed E-state index contributed by atoms with van der Waals surface area (Å²) in [5.41, 5.74) is 1.22. The number of rotatable bonds is 6. The van der Waals surface area contributed by atoms with Gasteiger partial charge in [-0.1, -0.05) is 18.2 Å². The summed E-state index contributed by atoms with van der Waals surface area (Å²) >= 11 is 0. The topological polar surface area (TPSA) is 50.8 Å². The molecule has 1 saturated carbocycles. The average molecular weight is 358 g/mol. The summed E-state index contributed by atoms with van der Waals surface area (Å²) in [6.45, 7) is 4.33. The van der Waals surface area contributed by atoms with Crippen molar-refractivity contribution in [3.63, 3.8) is 0 Å². The summed E-state index contributed by atoms with van der Waals surface area (Å²) in [6.07, 6.45) is 4.35. The molecule has 1 aliphatic carbocycles. The van der Waals surface area contributed by atoms with Crippen LogP contribution in [0.1, 0.15) is 31.2 Å². The van der Waals surface area contributed by atoms with Gasteiger partial charge >= 0.3 is 0 Å². The predicted octanol–water partition coefficient (Wildman–Crippen LogP) is 2.45. The maximum Gasteiger partial charge on any atom is 0.223 e. The maximum absolute atomic E-state index is 12.7. The zero-order chi connectivity index (χ0) is 17.9. The summed E-state index contributed by atoms with van der Waals surface area (Å²) in [6, 6.07) is 8.52. The Morgan fingerprint density at radius 3 is 2.69 bits per heavy atom. The molecule has 0 radical (unpaired) electrons. The van der Waals surface area contributed by atoms with E-state index in [1.807, 2.05) is 12.1 Å². The summed E-state index contributed by atoms with van der Waals surface area (Å²) in [5, 5.41) is 3.40. The largest absolute Gasteiger partial charge is 0.496 e. The standard InChI is InChI=1S/C21H30N2O3/c1-25-20-5-3-2-4-17(20)12-23-13-18(15-6-7-15)19(14-23)22-21(24)16-8-10-26-11-9-16/h2-5,15-16,18-19H,6-14H2,1H3,(H,22,24). The van der Waals surface area contributed by atoms with Gasteiger partial charge in [0, 0.05) is 50.4 Å². The second-order valence-corrected chi connectivity index (χ2v) is 8.01. The van der Waals surface area contributed by atoms with Crippen molar-refractivity contribution in [2.75, 3.05) is 33.4 Å². The Balaban J connectivity index is 1.39. The lowest BCUT2D eigenvalue weighted by molar-refractivity contribution is -0.128. The van der Waals surface area contributed by atoms with E-state index in [9.17, 15) is 4.79 Å². The van der Waals surface area contributed by atoms with E-state index in [0.717, 1.165) is 44.1 Å². The minimum Gasteiger partial charge on any atom is -0.496 e. The molecule has 1 aromatic carbocycles. The van der Waals surface area contributed by atoms with Gasteiger partial charge in [0.05, 0.1) is 7.11 Å². The molecule has 1 N–H and O–H groups in total. The van der Waals surface area contributed by atoms with E-state index in [0.29, 0.717) is 19.1 Å². The van der Waals surface area contributed by atoms with Crippen LogP contribution in [0, 0.1) is 17.8 Å². The Kier molecular flexibility index (Phi) is 5.46. The molecule has 1 aromatic rings. The zero-order valence-corrected chi connectivity index (χ0v) is 15.7. The number of methoxy groups -OCH3 is 1. The predicted molar refractivity (Wildman–Crippen MR) is 100.0 cm³/mol. The lowest BCUT2D eigenvalue weighted by Gasteiger charge is -2.25. The molecule has 2 saturated heterocycles. The van der Waals surface area contributed by atoms with Crippen molar-refractivity contribution in [2.45, 2.75) is 38.3 Å². The number of carbonyl (C=O) groups excluding carboxylic acids is 1. The molecule has 26 heavy (non-hydrogen) atoms. The number of hydrogen-bond acceptors (Lipinski definition) is 4. The van der Waals surface area contributed by atoms with E-state index in [2.05, 4.69) is 22.3 Å². The van der Waals surface area contributed by atoms with Crippen molar-refractivity contribution in [1.29, 1.82) is 0 Å². The van der Waals surface area contributed by atoms with Crippen LogP contribution in [-0.4, -0.2) is 50.3 Å². The highest BCUT2D eigenvalue weighted by Crippen LogP contribution is 2.42. The minimum atomic E-state index is 0.131. The fraction of sp³-hybridized carbons (Fsp3) is 0.667. The van der Waals surface area contributed by atoms with Gasteiger partial charge in [0.2, 0.25) is 5.91 Å². The Morgan fingerprint density at radius 1 is 1.19 bits per heavy atom. The average Bonchev–Trinajstić information content (AvgIpc) is 3.45. The van der Waals surface area contributed by atoms with Gasteiger partial charge in [0.1, 0.15) is 5.75 Å². The molecule has 2 aliphatic heterocycles. The molecule has 0 spiro atoms. The molecule has 2 heterocycles. The highest BCUT2D eigenvalue weighted by atomic mass is 16.5. The highest BCUT2D eigenvalue weighted by Gasteiger charge is 2.43. The Morgan fingerprint density at radius 2 is 1.96 bits per heavy atom. The molecule has 1 amide bonds. The van der Waals surface area contributed by atoms with Gasteiger partial charge in [-0.05, 0) is 43.6 Å². The first-order chi connectivity index (χ1) is 12.7. The van der Waals surface area contributed by atoms with Gasteiger partial charge in [-0.25, -0.2) is 0 Å². The lowest BCUT2D eigenvalue weighted by Crippen LogP contribution is -2.45. The van der Waals surface area contributed by atoms with Crippen LogP contribution in [0.4, 0.5) is 0 Å². The molecule has 142 valence electrons. The SMILES string of the molecule is COc1ccccc1CN1CC(NC(=O)C2CCOCC2)C(C2CC2)C1. The van der Waals surface area contributed by atoms with Crippen LogP contribution in [0.5, 0.6) is 5.75 Å². The van der Waals surface area contributed by atoms with Gasteiger partial charge in [-0.3, -0.25) is 9.69 Å². The molecular formula is C21H30N2O3. The third-order valence-electron chi connectivity index (χ3n) is 6.17.